The summed E-state index contributed by atoms with van der Waals surface area (Å²) in [6, 6.07) is 13.6. The van der Waals surface area contributed by atoms with Gasteiger partial charge in [-0.05, 0) is 44.2 Å². The van der Waals surface area contributed by atoms with Crippen molar-refractivity contribution < 1.29 is 19.2 Å². The second-order valence-electron chi connectivity index (χ2n) is 7.88. The van der Waals surface area contributed by atoms with E-state index in [1.54, 1.807) is 59.8 Å². The molecule has 1 fully saturated rings. The van der Waals surface area contributed by atoms with E-state index in [-0.39, 0.29) is 11.6 Å². The van der Waals surface area contributed by atoms with Crippen molar-refractivity contribution in [2.45, 2.75) is 13.8 Å². The Kier molecular flexibility index (Phi) is 6.58. The fourth-order valence-electron chi connectivity index (χ4n) is 3.98. The number of nitro benzene ring substituents is 1. The Bertz CT molecular complexity index is 1210. The van der Waals surface area contributed by atoms with E-state index in [0.717, 1.165) is 11.4 Å². The van der Waals surface area contributed by atoms with Crippen LogP contribution in [0.25, 0.3) is 5.69 Å². The molecular formula is C24H25N5O5. The smallest absolute Gasteiger partial charge is 0.341 e. The molecule has 10 heteroatoms. The molecule has 4 rings (SSSR count). The van der Waals surface area contributed by atoms with Gasteiger partial charge in [0.25, 0.3) is 11.6 Å². The highest BCUT2D eigenvalue weighted by Gasteiger charge is 2.23. The minimum absolute atomic E-state index is 0.0536. The fraction of sp³-hybridized carbons (Fsp3) is 0.292. The molecule has 2 aromatic carbocycles. The van der Waals surface area contributed by atoms with Gasteiger partial charge in [0.05, 0.1) is 29.1 Å². The quantitative estimate of drug-likeness (QED) is 0.313. The summed E-state index contributed by atoms with van der Waals surface area (Å²) in [5.74, 6) is -0.489. The predicted molar refractivity (Wildman–Crippen MR) is 125 cm³/mol. The maximum Gasteiger partial charge on any atom is 0.341 e. The van der Waals surface area contributed by atoms with Crippen molar-refractivity contribution in [2.75, 3.05) is 37.7 Å². The number of esters is 1. The second-order valence-corrected chi connectivity index (χ2v) is 7.88. The SMILES string of the molecule is CCOC(=O)c1cnn(-c2ccc(C(=O)N3CCN(c4cccc([N+](=O)[O-])c4)CC3)cc2)c1C. The number of anilines is 1. The van der Waals surface area contributed by atoms with Crippen LogP contribution in [-0.4, -0.2) is 64.3 Å². The highest BCUT2D eigenvalue weighted by molar-refractivity contribution is 5.94. The summed E-state index contributed by atoms with van der Waals surface area (Å²) >= 11 is 0. The summed E-state index contributed by atoms with van der Waals surface area (Å²) in [7, 11) is 0. The first-order valence-corrected chi connectivity index (χ1v) is 11.0. The number of piperazine rings is 1. The van der Waals surface area contributed by atoms with E-state index in [1.807, 2.05) is 11.0 Å². The molecule has 0 saturated carbocycles. The molecular weight excluding hydrogens is 438 g/mol. The van der Waals surface area contributed by atoms with Gasteiger partial charge in [0.2, 0.25) is 0 Å². The van der Waals surface area contributed by atoms with Gasteiger partial charge in [-0.15, -0.1) is 0 Å². The van der Waals surface area contributed by atoms with Gasteiger partial charge in [0, 0.05) is 49.6 Å². The lowest BCUT2D eigenvalue weighted by Gasteiger charge is -2.36. The normalized spacial score (nSPS) is 13.6. The van der Waals surface area contributed by atoms with Crippen LogP contribution in [0, 0.1) is 17.0 Å². The predicted octanol–water partition coefficient (Wildman–Crippen LogP) is 3.23. The Morgan fingerprint density at radius 3 is 2.41 bits per heavy atom. The highest BCUT2D eigenvalue weighted by atomic mass is 16.6. The maximum absolute atomic E-state index is 13.0. The second kappa shape index (κ2) is 9.74. The summed E-state index contributed by atoms with van der Waals surface area (Å²) in [4.78, 5) is 39.5. The molecule has 0 bridgehead atoms. The standard InChI is InChI=1S/C24H25N5O5/c1-3-34-24(31)22-16-25-28(17(22)2)19-9-7-18(8-10-19)23(30)27-13-11-26(12-14-27)20-5-4-6-21(15-20)29(32)33/h4-10,15-16H,3,11-14H2,1-2H3. The molecule has 0 unspecified atom stereocenters. The molecule has 1 aromatic heterocycles. The number of ether oxygens (including phenoxy) is 1. The Balaban J connectivity index is 1.41. The lowest BCUT2D eigenvalue weighted by atomic mass is 10.1. The van der Waals surface area contributed by atoms with Gasteiger partial charge >= 0.3 is 5.97 Å². The first kappa shape index (κ1) is 23.0. The van der Waals surface area contributed by atoms with Crippen LogP contribution in [0.3, 0.4) is 0 Å². The van der Waals surface area contributed by atoms with Gasteiger partial charge in [-0.25, -0.2) is 9.48 Å². The summed E-state index contributed by atoms with van der Waals surface area (Å²) in [6.45, 7) is 6.05. The molecule has 0 spiro atoms. The van der Waals surface area contributed by atoms with Crippen LogP contribution in [0.15, 0.2) is 54.7 Å². The van der Waals surface area contributed by atoms with Crippen molar-refractivity contribution in [3.63, 3.8) is 0 Å². The molecule has 0 aliphatic carbocycles. The largest absolute Gasteiger partial charge is 0.462 e. The summed E-state index contributed by atoms with van der Waals surface area (Å²) < 4.78 is 6.69. The number of aromatic nitrogens is 2. The Hall–Kier alpha value is -4.21. The van der Waals surface area contributed by atoms with Crippen LogP contribution >= 0.6 is 0 Å². The zero-order valence-corrected chi connectivity index (χ0v) is 19.0. The maximum atomic E-state index is 13.0. The van der Waals surface area contributed by atoms with Crippen molar-refractivity contribution in [1.29, 1.82) is 0 Å². The molecule has 0 atom stereocenters. The molecule has 0 radical (unpaired) electrons. The van der Waals surface area contributed by atoms with Crippen LogP contribution in [0.5, 0.6) is 0 Å². The fourth-order valence-corrected chi connectivity index (χ4v) is 3.98. The lowest BCUT2D eigenvalue weighted by molar-refractivity contribution is -0.384. The lowest BCUT2D eigenvalue weighted by Crippen LogP contribution is -2.48. The van der Waals surface area contributed by atoms with E-state index in [0.29, 0.717) is 49.6 Å². The summed E-state index contributed by atoms with van der Waals surface area (Å²) in [5.41, 5.74) is 3.20. The molecule has 3 aromatic rings. The minimum Gasteiger partial charge on any atom is -0.462 e. The van der Waals surface area contributed by atoms with Gasteiger partial charge < -0.3 is 14.5 Å². The number of nitrogens with zero attached hydrogens (tertiary/aromatic N) is 5. The molecule has 34 heavy (non-hydrogen) atoms. The van der Waals surface area contributed by atoms with E-state index in [2.05, 4.69) is 5.10 Å². The number of non-ortho nitro benzene ring substituents is 1. The number of hydrogen-bond donors (Lipinski definition) is 0. The molecule has 176 valence electrons. The number of hydrogen-bond acceptors (Lipinski definition) is 7. The number of amides is 1. The van der Waals surface area contributed by atoms with Crippen LogP contribution in [0.4, 0.5) is 11.4 Å². The van der Waals surface area contributed by atoms with Crippen molar-refractivity contribution in [2.24, 2.45) is 0 Å². The van der Waals surface area contributed by atoms with Crippen molar-refractivity contribution >= 4 is 23.3 Å². The zero-order chi connectivity index (χ0) is 24.2. The Morgan fingerprint density at radius 1 is 1.06 bits per heavy atom. The number of benzene rings is 2. The monoisotopic (exact) mass is 463 g/mol. The van der Waals surface area contributed by atoms with E-state index >= 15 is 0 Å². The topological polar surface area (TPSA) is 111 Å². The van der Waals surface area contributed by atoms with Gasteiger partial charge in [-0.3, -0.25) is 14.9 Å². The van der Waals surface area contributed by atoms with Crippen molar-refractivity contribution in [3.05, 3.63) is 81.7 Å². The van der Waals surface area contributed by atoms with Crippen LogP contribution in [-0.2, 0) is 4.74 Å². The summed E-state index contributed by atoms with van der Waals surface area (Å²) in [5, 5.41) is 15.3. The number of carbonyl (C=O) groups excluding carboxylic acids is 2. The summed E-state index contributed by atoms with van der Waals surface area (Å²) in [6.07, 6.45) is 1.48. The van der Waals surface area contributed by atoms with Crippen molar-refractivity contribution in [1.82, 2.24) is 14.7 Å². The van der Waals surface area contributed by atoms with Crippen molar-refractivity contribution in [3.8, 4) is 5.69 Å². The van der Waals surface area contributed by atoms with Crippen LogP contribution in [0.2, 0.25) is 0 Å². The molecule has 0 N–H and O–H groups in total. The van der Waals surface area contributed by atoms with Gasteiger partial charge in [-0.2, -0.15) is 5.10 Å². The molecule has 1 amide bonds. The highest BCUT2D eigenvalue weighted by Crippen LogP contribution is 2.23. The first-order valence-electron chi connectivity index (χ1n) is 11.0. The average molecular weight is 463 g/mol. The number of carbonyl (C=O) groups is 2. The minimum atomic E-state index is -0.415. The number of nitro groups is 1. The average Bonchev–Trinajstić information content (AvgIpc) is 3.25. The third kappa shape index (κ3) is 4.61. The Morgan fingerprint density at radius 2 is 1.76 bits per heavy atom. The third-order valence-corrected chi connectivity index (χ3v) is 5.84. The van der Waals surface area contributed by atoms with Gasteiger partial charge in [-0.1, -0.05) is 6.07 Å². The first-order chi connectivity index (χ1) is 16.4. The zero-order valence-electron chi connectivity index (χ0n) is 19.0. The molecule has 1 aliphatic heterocycles. The van der Waals surface area contributed by atoms with Crippen LogP contribution in [0.1, 0.15) is 33.3 Å². The van der Waals surface area contributed by atoms with E-state index < -0.39 is 10.9 Å². The molecule has 1 saturated heterocycles. The van der Waals surface area contributed by atoms with E-state index in [1.165, 1.54) is 12.3 Å². The molecule has 1 aliphatic rings. The molecule has 10 nitrogen and oxygen atoms in total. The number of rotatable bonds is 6. The van der Waals surface area contributed by atoms with Gasteiger partial charge in [0.1, 0.15) is 5.56 Å². The molecule has 2 heterocycles. The third-order valence-electron chi connectivity index (χ3n) is 5.84. The van der Waals surface area contributed by atoms with E-state index in [4.69, 9.17) is 4.74 Å². The van der Waals surface area contributed by atoms with Crippen LogP contribution < -0.4 is 4.90 Å². The van der Waals surface area contributed by atoms with Gasteiger partial charge in [0.15, 0.2) is 0 Å². The Labute approximate surface area is 196 Å². The van der Waals surface area contributed by atoms with E-state index in [9.17, 15) is 19.7 Å².